The third kappa shape index (κ3) is 3.05. The normalized spacial score (nSPS) is 25.7. The summed E-state index contributed by atoms with van der Waals surface area (Å²) in [5.74, 6) is 1.71. The third-order valence-corrected chi connectivity index (χ3v) is 5.52. The quantitative estimate of drug-likeness (QED) is 0.901. The van der Waals surface area contributed by atoms with Crippen LogP contribution in [0.4, 0.5) is 0 Å². The maximum Gasteiger partial charge on any atom is 0.128 e. The number of methoxy groups -OCH3 is 2. The molecule has 116 valence electrons. The Balaban J connectivity index is 1.76. The molecule has 1 unspecified atom stereocenters. The summed E-state index contributed by atoms with van der Waals surface area (Å²) in [5.41, 5.74) is 1.72. The Morgan fingerprint density at radius 1 is 1.29 bits per heavy atom. The second-order valence-corrected chi connectivity index (χ2v) is 7.03. The number of halogens is 1. The van der Waals surface area contributed by atoms with Crippen molar-refractivity contribution in [3.05, 3.63) is 22.2 Å². The lowest BCUT2D eigenvalue weighted by Crippen LogP contribution is -2.29. The highest BCUT2D eigenvalue weighted by Gasteiger charge is 2.40. The molecule has 1 aromatic rings. The number of nitrogens with one attached hydrogen (secondary N) is 1. The molecular weight excluding hydrogens is 332 g/mol. The van der Waals surface area contributed by atoms with Crippen molar-refractivity contribution in [1.82, 2.24) is 10.2 Å². The first-order chi connectivity index (χ1) is 10.2. The Hall–Kier alpha value is -0.780. The van der Waals surface area contributed by atoms with E-state index in [1.807, 2.05) is 12.1 Å². The minimum atomic E-state index is 0.506. The van der Waals surface area contributed by atoms with Crippen molar-refractivity contribution in [3.63, 3.8) is 0 Å². The molecule has 5 heteroatoms. The zero-order valence-corrected chi connectivity index (χ0v) is 14.3. The molecule has 2 heterocycles. The largest absolute Gasteiger partial charge is 0.497 e. The van der Waals surface area contributed by atoms with E-state index in [9.17, 15) is 0 Å². The van der Waals surface area contributed by atoms with Crippen LogP contribution in [0.15, 0.2) is 16.6 Å². The Bertz CT molecular complexity index is 515. The summed E-state index contributed by atoms with van der Waals surface area (Å²) < 4.78 is 11.9. The van der Waals surface area contributed by atoms with E-state index in [4.69, 9.17) is 9.47 Å². The maximum atomic E-state index is 5.55. The molecule has 1 N–H and O–H groups in total. The van der Waals surface area contributed by atoms with Crippen molar-refractivity contribution in [2.24, 2.45) is 5.41 Å². The van der Waals surface area contributed by atoms with E-state index in [1.165, 1.54) is 44.6 Å². The molecule has 0 bridgehead atoms. The van der Waals surface area contributed by atoms with Gasteiger partial charge < -0.3 is 14.8 Å². The molecule has 1 aromatic carbocycles. The van der Waals surface area contributed by atoms with Gasteiger partial charge in [-0.15, -0.1) is 0 Å². The molecule has 4 nitrogen and oxygen atoms in total. The van der Waals surface area contributed by atoms with Gasteiger partial charge in [-0.1, -0.05) is 15.9 Å². The average Bonchev–Trinajstić information content (AvgIpc) is 3.11. The molecule has 0 saturated carbocycles. The second-order valence-electron chi connectivity index (χ2n) is 6.18. The van der Waals surface area contributed by atoms with Gasteiger partial charge in [-0.25, -0.2) is 0 Å². The summed E-state index contributed by atoms with van der Waals surface area (Å²) in [5, 5.41) is 3.51. The lowest BCUT2D eigenvalue weighted by Gasteiger charge is -2.24. The summed E-state index contributed by atoms with van der Waals surface area (Å²) in [6, 6.07) is 3.98. The first kappa shape index (κ1) is 15.1. The third-order valence-electron chi connectivity index (χ3n) is 4.81. The summed E-state index contributed by atoms with van der Waals surface area (Å²) in [4.78, 5) is 2.54. The van der Waals surface area contributed by atoms with Crippen molar-refractivity contribution in [3.8, 4) is 11.5 Å². The van der Waals surface area contributed by atoms with Crippen molar-refractivity contribution >= 4 is 15.9 Å². The fourth-order valence-electron chi connectivity index (χ4n) is 3.57. The van der Waals surface area contributed by atoms with Gasteiger partial charge in [-0.3, -0.25) is 4.90 Å². The van der Waals surface area contributed by atoms with E-state index in [0.717, 1.165) is 22.5 Å². The van der Waals surface area contributed by atoms with Crippen LogP contribution in [-0.4, -0.2) is 45.3 Å². The van der Waals surface area contributed by atoms with E-state index >= 15 is 0 Å². The van der Waals surface area contributed by atoms with Crippen LogP contribution in [0.5, 0.6) is 11.5 Å². The summed E-state index contributed by atoms with van der Waals surface area (Å²) in [7, 11) is 3.40. The van der Waals surface area contributed by atoms with Crippen molar-refractivity contribution < 1.29 is 9.47 Å². The van der Waals surface area contributed by atoms with Gasteiger partial charge in [-0.2, -0.15) is 0 Å². The molecule has 3 rings (SSSR count). The van der Waals surface area contributed by atoms with Gasteiger partial charge in [0, 0.05) is 35.7 Å². The monoisotopic (exact) mass is 354 g/mol. The number of hydrogen-bond acceptors (Lipinski definition) is 4. The van der Waals surface area contributed by atoms with Crippen LogP contribution in [-0.2, 0) is 6.54 Å². The van der Waals surface area contributed by atoms with Gasteiger partial charge in [0.25, 0.3) is 0 Å². The van der Waals surface area contributed by atoms with Gasteiger partial charge in [0.05, 0.1) is 14.2 Å². The van der Waals surface area contributed by atoms with E-state index in [1.54, 1.807) is 14.2 Å². The van der Waals surface area contributed by atoms with Crippen LogP contribution >= 0.6 is 15.9 Å². The summed E-state index contributed by atoms with van der Waals surface area (Å²) in [6.45, 7) is 5.62. The highest BCUT2D eigenvalue weighted by molar-refractivity contribution is 9.10. The molecule has 2 aliphatic rings. The predicted octanol–water partition coefficient (Wildman–Crippen LogP) is 2.65. The lowest BCUT2D eigenvalue weighted by molar-refractivity contribution is 0.264. The highest BCUT2D eigenvalue weighted by atomic mass is 79.9. The molecule has 1 spiro atoms. The molecule has 0 radical (unpaired) electrons. The molecule has 1 atom stereocenters. The Morgan fingerprint density at radius 2 is 2.14 bits per heavy atom. The average molecular weight is 355 g/mol. The Kier molecular flexibility index (Phi) is 4.43. The van der Waals surface area contributed by atoms with Crippen LogP contribution in [0.3, 0.4) is 0 Å². The Morgan fingerprint density at radius 3 is 2.81 bits per heavy atom. The van der Waals surface area contributed by atoms with Crippen molar-refractivity contribution in [2.75, 3.05) is 40.4 Å². The van der Waals surface area contributed by atoms with Crippen LogP contribution in [0.2, 0.25) is 0 Å². The summed E-state index contributed by atoms with van der Waals surface area (Å²) >= 11 is 3.66. The molecule has 2 saturated heterocycles. The molecule has 0 aromatic heterocycles. The van der Waals surface area contributed by atoms with E-state index in [2.05, 4.69) is 26.1 Å². The second kappa shape index (κ2) is 6.15. The molecule has 0 aliphatic carbocycles. The predicted molar refractivity (Wildman–Crippen MR) is 87.1 cm³/mol. The number of likely N-dealkylation sites (tertiary alicyclic amines) is 1. The number of nitrogens with zero attached hydrogens (tertiary/aromatic N) is 1. The van der Waals surface area contributed by atoms with Crippen LogP contribution < -0.4 is 14.8 Å². The van der Waals surface area contributed by atoms with Gasteiger partial charge in [0.15, 0.2) is 0 Å². The van der Waals surface area contributed by atoms with E-state index in [-0.39, 0.29) is 0 Å². The van der Waals surface area contributed by atoms with Crippen LogP contribution in [0, 0.1) is 5.41 Å². The molecular formula is C16H23BrN2O2. The van der Waals surface area contributed by atoms with Gasteiger partial charge >= 0.3 is 0 Å². The van der Waals surface area contributed by atoms with Crippen molar-refractivity contribution in [2.45, 2.75) is 19.4 Å². The Labute approximate surface area is 134 Å². The molecule has 2 aliphatic heterocycles. The van der Waals surface area contributed by atoms with Gasteiger partial charge in [-0.05, 0) is 37.4 Å². The standard InChI is InChI=1S/C16H23BrN2O2/c1-20-12-7-14(17)13(15(8-12)21-2)9-19-6-4-16(11-19)3-5-18-10-16/h7-8,18H,3-6,9-11H2,1-2H3. The van der Waals surface area contributed by atoms with Crippen LogP contribution in [0.25, 0.3) is 0 Å². The topological polar surface area (TPSA) is 33.7 Å². The van der Waals surface area contributed by atoms with E-state index < -0.39 is 0 Å². The smallest absolute Gasteiger partial charge is 0.128 e. The van der Waals surface area contributed by atoms with Gasteiger partial charge in [0.2, 0.25) is 0 Å². The number of rotatable bonds is 4. The zero-order chi connectivity index (χ0) is 14.9. The minimum Gasteiger partial charge on any atom is -0.497 e. The van der Waals surface area contributed by atoms with E-state index in [0.29, 0.717) is 5.41 Å². The van der Waals surface area contributed by atoms with Crippen LogP contribution in [0.1, 0.15) is 18.4 Å². The van der Waals surface area contributed by atoms with Crippen molar-refractivity contribution in [1.29, 1.82) is 0 Å². The summed E-state index contributed by atoms with van der Waals surface area (Å²) in [6.07, 6.45) is 2.61. The van der Waals surface area contributed by atoms with Gasteiger partial charge in [0.1, 0.15) is 11.5 Å². The molecule has 0 amide bonds. The first-order valence-electron chi connectivity index (χ1n) is 7.49. The fourth-order valence-corrected chi connectivity index (χ4v) is 4.12. The SMILES string of the molecule is COc1cc(Br)c(CN2CCC3(CCNC3)C2)c(OC)c1. The number of benzene rings is 1. The lowest BCUT2D eigenvalue weighted by atomic mass is 9.86. The number of hydrogen-bond donors (Lipinski definition) is 1. The first-order valence-corrected chi connectivity index (χ1v) is 8.28. The molecule has 2 fully saturated rings. The highest BCUT2D eigenvalue weighted by Crippen LogP contribution is 2.39. The zero-order valence-electron chi connectivity index (χ0n) is 12.7. The number of ether oxygens (including phenoxy) is 2. The maximum absolute atomic E-state index is 5.55. The molecule has 21 heavy (non-hydrogen) atoms. The fraction of sp³-hybridized carbons (Fsp3) is 0.625. The minimum absolute atomic E-state index is 0.506.